The van der Waals surface area contributed by atoms with Crippen molar-refractivity contribution in [2.45, 2.75) is 24.8 Å². The van der Waals surface area contributed by atoms with E-state index in [-0.39, 0.29) is 5.91 Å². The molecule has 0 saturated carbocycles. The van der Waals surface area contributed by atoms with Crippen LogP contribution in [0.2, 0.25) is 0 Å². The van der Waals surface area contributed by atoms with Crippen molar-refractivity contribution in [2.75, 3.05) is 5.32 Å². The molecule has 0 aliphatic heterocycles. The monoisotopic (exact) mass is 350 g/mol. The van der Waals surface area contributed by atoms with Gasteiger partial charge in [0.05, 0.1) is 0 Å². The Balaban J connectivity index is 2.02. The normalized spacial score (nSPS) is 21.2. The molecule has 0 fully saturated rings. The lowest BCUT2D eigenvalue weighted by atomic mass is 9.79. The zero-order valence-corrected chi connectivity index (χ0v) is 13.3. The minimum absolute atomic E-state index is 0.306. The highest BCUT2D eigenvalue weighted by Gasteiger charge is 2.42. The molecule has 1 aromatic carbocycles. The second-order valence-corrected chi connectivity index (χ2v) is 6.93. The summed E-state index contributed by atoms with van der Waals surface area (Å²) in [5.74, 6) is -0.306. The topological polar surface area (TPSA) is 55.1 Å². The molecule has 1 aliphatic rings. The minimum Gasteiger partial charge on any atom is -0.368 e. The van der Waals surface area contributed by atoms with Crippen LogP contribution in [0.5, 0.6) is 0 Å². The van der Waals surface area contributed by atoms with Crippen molar-refractivity contribution in [3.05, 3.63) is 50.6 Å². The summed E-state index contributed by atoms with van der Waals surface area (Å²) in [5, 5.41) is 5.41. The number of primary amides is 1. The van der Waals surface area contributed by atoms with E-state index in [0.717, 1.165) is 35.0 Å². The standard InChI is InChI=1S/C15H15BrN2OS/c16-10-3-5-11(6-4-10)18-15(14(17)19)8-1-2-13-12(15)7-9-20-13/h3-7,9,18H,1-2,8H2,(H2,17,19). The molecule has 1 aliphatic carbocycles. The van der Waals surface area contributed by atoms with Crippen molar-refractivity contribution in [1.29, 1.82) is 0 Å². The second kappa shape index (κ2) is 5.22. The van der Waals surface area contributed by atoms with Crippen molar-refractivity contribution in [1.82, 2.24) is 0 Å². The van der Waals surface area contributed by atoms with E-state index < -0.39 is 5.54 Å². The molecule has 3 rings (SSSR count). The average Bonchev–Trinajstić information content (AvgIpc) is 2.91. The quantitative estimate of drug-likeness (QED) is 0.887. The molecule has 2 aromatic rings. The number of amides is 1. The Morgan fingerprint density at radius 3 is 2.75 bits per heavy atom. The molecule has 1 heterocycles. The third-order valence-electron chi connectivity index (χ3n) is 3.78. The average molecular weight is 351 g/mol. The molecule has 1 amide bonds. The van der Waals surface area contributed by atoms with Gasteiger partial charge in [-0.1, -0.05) is 15.9 Å². The fourth-order valence-corrected chi connectivity index (χ4v) is 4.05. The number of hydrogen-bond acceptors (Lipinski definition) is 3. The highest BCUT2D eigenvalue weighted by atomic mass is 79.9. The Hall–Kier alpha value is -1.33. The van der Waals surface area contributed by atoms with Crippen LogP contribution in [0.15, 0.2) is 40.2 Å². The number of nitrogens with two attached hydrogens (primary N) is 1. The van der Waals surface area contributed by atoms with Crippen LogP contribution in [-0.4, -0.2) is 5.91 Å². The van der Waals surface area contributed by atoms with Crippen LogP contribution in [0.25, 0.3) is 0 Å². The predicted octanol–water partition coefficient (Wildman–Crippen LogP) is 3.64. The molecule has 3 N–H and O–H groups in total. The van der Waals surface area contributed by atoms with Crippen LogP contribution in [0, 0.1) is 0 Å². The number of carbonyl (C=O) groups excluding carboxylic acids is 1. The highest BCUT2D eigenvalue weighted by Crippen LogP contribution is 2.40. The van der Waals surface area contributed by atoms with Gasteiger partial charge in [-0.3, -0.25) is 4.79 Å². The molecular weight excluding hydrogens is 336 g/mol. The molecule has 1 aromatic heterocycles. The van der Waals surface area contributed by atoms with Gasteiger partial charge in [0.2, 0.25) is 5.91 Å². The van der Waals surface area contributed by atoms with E-state index in [1.807, 2.05) is 35.7 Å². The summed E-state index contributed by atoms with van der Waals surface area (Å²) >= 11 is 5.12. The summed E-state index contributed by atoms with van der Waals surface area (Å²) in [6.07, 6.45) is 2.74. The summed E-state index contributed by atoms with van der Waals surface area (Å²) in [7, 11) is 0. The van der Waals surface area contributed by atoms with Crippen molar-refractivity contribution in [3.63, 3.8) is 0 Å². The molecule has 0 spiro atoms. The first kappa shape index (κ1) is 13.6. The van der Waals surface area contributed by atoms with Crippen LogP contribution in [0.1, 0.15) is 23.3 Å². The minimum atomic E-state index is -0.776. The molecule has 104 valence electrons. The Bertz CT molecular complexity index is 638. The zero-order chi connectivity index (χ0) is 14.2. The van der Waals surface area contributed by atoms with Gasteiger partial charge in [-0.25, -0.2) is 0 Å². The first-order valence-corrected chi connectivity index (χ1v) is 8.19. The second-order valence-electron chi connectivity index (χ2n) is 5.01. The number of fused-ring (bicyclic) bond motifs is 1. The number of carbonyl (C=O) groups is 1. The van der Waals surface area contributed by atoms with Gasteiger partial charge in [0, 0.05) is 20.6 Å². The van der Waals surface area contributed by atoms with E-state index >= 15 is 0 Å². The van der Waals surface area contributed by atoms with Crippen LogP contribution >= 0.6 is 27.3 Å². The molecule has 5 heteroatoms. The van der Waals surface area contributed by atoms with Gasteiger partial charge in [0.1, 0.15) is 5.54 Å². The zero-order valence-electron chi connectivity index (χ0n) is 10.9. The Morgan fingerprint density at radius 2 is 2.05 bits per heavy atom. The lowest BCUT2D eigenvalue weighted by Crippen LogP contribution is -2.49. The van der Waals surface area contributed by atoms with E-state index in [1.165, 1.54) is 4.88 Å². The number of aryl methyl sites for hydroxylation is 1. The summed E-state index contributed by atoms with van der Waals surface area (Å²) in [6, 6.07) is 9.84. The SMILES string of the molecule is NC(=O)C1(Nc2ccc(Br)cc2)CCCc2sccc21. The molecule has 1 atom stereocenters. The summed E-state index contributed by atoms with van der Waals surface area (Å²) in [4.78, 5) is 13.4. The van der Waals surface area contributed by atoms with E-state index in [2.05, 4.69) is 21.2 Å². The number of rotatable bonds is 3. The third-order valence-corrected chi connectivity index (χ3v) is 5.29. The third kappa shape index (κ3) is 2.25. The molecular formula is C15H15BrN2OS. The molecule has 0 bridgehead atoms. The summed E-state index contributed by atoms with van der Waals surface area (Å²) in [5.41, 5.74) is 6.93. The van der Waals surface area contributed by atoms with Gasteiger partial charge >= 0.3 is 0 Å². The fourth-order valence-electron chi connectivity index (χ4n) is 2.79. The van der Waals surface area contributed by atoms with E-state index in [1.54, 1.807) is 11.3 Å². The van der Waals surface area contributed by atoms with Crippen molar-refractivity contribution in [2.24, 2.45) is 5.73 Å². The van der Waals surface area contributed by atoms with Gasteiger partial charge < -0.3 is 11.1 Å². The van der Waals surface area contributed by atoms with E-state index in [9.17, 15) is 4.79 Å². The summed E-state index contributed by atoms with van der Waals surface area (Å²) in [6.45, 7) is 0. The van der Waals surface area contributed by atoms with Crippen molar-refractivity contribution in [3.8, 4) is 0 Å². The highest BCUT2D eigenvalue weighted by molar-refractivity contribution is 9.10. The maximum absolute atomic E-state index is 12.2. The molecule has 0 radical (unpaired) electrons. The van der Waals surface area contributed by atoms with Crippen LogP contribution in [-0.2, 0) is 16.8 Å². The van der Waals surface area contributed by atoms with E-state index in [0.29, 0.717) is 0 Å². The summed E-state index contributed by atoms with van der Waals surface area (Å²) < 4.78 is 1.01. The number of benzene rings is 1. The Morgan fingerprint density at radius 1 is 1.30 bits per heavy atom. The largest absolute Gasteiger partial charge is 0.368 e. The number of hydrogen-bond donors (Lipinski definition) is 2. The van der Waals surface area contributed by atoms with Gasteiger partial charge in [-0.15, -0.1) is 11.3 Å². The first-order valence-electron chi connectivity index (χ1n) is 6.52. The smallest absolute Gasteiger partial charge is 0.247 e. The Kier molecular flexibility index (Phi) is 3.56. The Labute approximate surface area is 130 Å². The molecule has 20 heavy (non-hydrogen) atoms. The van der Waals surface area contributed by atoms with Crippen molar-refractivity contribution >= 4 is 38.9 Å². The van der Waals surface area contributed by atoms with Gasteiger partial charge in [0.15, 0.2) is 0 Å². The number of anilines is 1. The lowest BCUT2D eigenvalue weighted by molar-refractivity contribution is -0.123. The fraction of sp³-hybridized carbons (Fsp3) is 0.267. The van der Waals surface area contributed by atoms with E-state index in [4.69, 9.17) is 5.73 Å². The van der Waals surface area contributed by atoms with Crippen LogP contribution < -0.4 is 11.1 Å². The van der Waals surface area contributed by atoms with Crippen molar-refractivity contribution < 1.29 is 4.79 Å². The van der Waals surface area contributed by atoms with Gasteiger partial charge in [-0.05, 0) is 55.0 Å². The maximum Gasteiger partial charge on any atom is 0.247 e. The first-order chi connectivity index (χ1) is 9.62. The lowest BCUT2D eigenvalue weighted by Gasteiger charge is -2.36. The maximum atomic E-state index is 12.2. The van der Waals surface area contributed by atoms with Crippen LogP contribution in [0.4, 0.5) is 5.69 Å². The number of thiophene rings is 1. The van der Waals surface area contributed by atoms with Gasteiger partial charge in [-0.2, -0.15) is 0 Å². The molecule has 0 saturated heterocycles. The number of nitrogens with one attached hydrogen (secondary N) is 1. The van der Waals surface area contributed by atoms with Crippen LogP contribution in [0.3, 0.4) is 0 Å². The molecule has 1 unspecified atom stereocenters. The number of halogens is 1. The van der Waals surface area contributed by atoms with Gasteiger partial charge in [0.25, 0.3) is 0 Å². The predicted molar refractivity (Wildman–Crippen MR) is 85.9 cm³/mol. The molecule has 3 nitrogen and oxygen atoms in total.